The van der Waals surface area contributed by atoms with Crippen molar-refractivity contribution in [3.63, 3.8) is 0 Å². The number of rotatable bonds is 1. The van der Waals surface area contributed by atoms with E-state index >= 15 is 0 Å². The molecule has 0 N–H and O–H groups in total. The van der Waals surface area contributed by atoms with Gasteiger partial charge in [0, 0.05) is 18.6 Å². The van der Waals surface area contributed by atoms with Gasteiger partial charge in [-0.05, 0) is 20.8 Å². The molecule has 0 aromatic heterocycles. The molecule has 1 aliphatic heterocycles. The molecule has 0 aliphatic carbocycles. The van der Waals surface area contributed by atoms with E-state index in [2.05, 4.69) is 25.7 Å². The van der Waals surface area contributed by atoms with Crippen LogP contribution in [0.1, 0.15) is 20.8 Å². The Hall–Kier alpha value is -0.0800. The van der Waals surface area contributed by atoms with Crippen LogP contribution in [0.15, 0.2) is 0 Å². The maximum atomic E-state index is 5.32. The maximum absolute atomic E-state index is 5.32. The molecule has 0 aromatic carbocycles. The largest absolute Gasteiger partial charge is 0.379 e. The fourth-order valence-corrected chi connectivity index (χ4v) is 1.51. The van der Waals surface area contributed by atoms with Crippen molar-refractivity contribution in [2.45, 2.75) is 32.9 Å². The number of hydrogen-bond acceptors (Lipinski definition) is 2. The van der Waals surface area contributed by atoms with Gasteiger partial charge in [-0.2, -0.15) is 0 Å². The standard InChI is InChI=1S/C8H17NO/c1-7(2)9-4-5-10-6-8(9)3/h7-8H,4-6H2,1-3H3/t8-/m1/s1. The average molecular weight is 143 g/mol. The number of nitrogens with zero attached hydrogens (tertiary/aromatic N) is 1. The van der Waals surface area contributed by atoms with Crippen molar-refractivity contribution in [3.8, 4) is 0 Å². The lowest BCUT2D eigenvalue weighted by atomic mass is 10.2. The van der Waals surface area contributed by atoms with Crippen LogP contribution in [0.25, 0.3) is 0 Å². The predicted octanol–water partition coefficient (Wildman–Crippen LogP) is 1.12. The van der Waals surface area contributed by atoms with Crippen LogP contribution in [-0.4, -0.2) is 36.7 Å². The van der Waals surface area contributed by atoms with E-state index < -0.39 is 0 Å². The normalized spacial score (nSPS) is 29.4. The Morgan fingerprint density at radius 2 is 2.20 bits per heavy atom. The van der Waals surface area contributed by atoms with Crippen LogP contribution in [0.2, 0.25) is 0 Å². The van der Waals surface area contributed by atoms with Crippen molar-refractivity contribution in [2.75, 3.05) is 19.8 Å². The van der Waals surface area contributed by atoms with Gasteiger partial charge in [0.15, 0.2) is 0 Å². The Kier molecular flexibility index (Phi) is 2.69. The summed E-state index contributed by atoms with van der Waals surface area (Å²) in [5.74, 6) is 0. The third-order valence-electron chi connectivity index (χ3n) is 2.08. The smallest absolute Gasteiger partial charge is 0.0619 e. The minimum Gasteiger partial charge on any atom is -0.379 e. The average Bonchev–Trinajstić information content (AvgIpc) is 1.88. The highest BCUT2D eigenvalue weighted by Gasteiger charge is 2.20. The van der Waals surface area contributed by atoms with Gasteiger partial charge in [0.25, 0.3) is 0 Å². The summed E-state index contributed by atoms with van der Waals surface area (Å²) in [5, 5.41) is 0. The quantitative estimate of drug-likeness (QED) is 0.545. The van der Waals surface area contributed by atoms with Gasteiger partial charge in [-0.15, -0.1) is 0 Å². The summed E-state index contributed by atoms with van der Waals surface area (Å²) in [7, 11) is 0. The zero-order valence-corrected chi connectivity index (χ0v) is 7.13. The fraction of sp³-hybridized carbons (Fsp3) is 1.00. The van der Waals surface area contributed by atoms with E-state index in [1.165, 1.54) is 0 Å². The summed E-state index contributed by atoms with van der Waals surface area (Å²) in [4.78, 5) is 2.48. The molecule has 2 nitrogen and oxygen atoms in total. The lowest BCUT2D eigenvalue weighted by molar-refractivity contribution is -0.0149. The second kappa shape index (κ2) is 3.35. The minimum atomic E-state index is 0.605. The highest BCUT2D eigenvalue weighted by atomic mass is 16.5. The Morgan fingerprint density at radius 1 is 1.50 bits per heavy atom. The van der Waals surface area contributed by atoms with Crippen molar-refractivity contribution in [3.05, 3.63) is 0 Å². The van der Waals surface area contributed by atoms with Crippen LogP contribution in [-0.2, 0) is 4.74 Å². The highest BCUT2D eigenvalue weighted by Crippen LogP contribution is 2.09. The molecule has 1 aliphatic rings. The van der Waals surface area contributed by atoms with Crippen molar-refractivity contribution in [1.29, 1.82) is 0 Å². The number of morpholine rings is 1. The molecule has 60 valence electrons. The molecule has 1 fully saturated rings. The molecule has 0 unspecified atom stereocenters. The lowest BCUT2D eigenvalue weighted by Crippen LogP contribution is -2.47. The van der Waals surface area contributed by atoms with Crippen LogP contribution in [0.3, 0.4) is 0 Å². The molecule has 1 heterocycles. The van der Waals surface area contributed by atoms with Gasteiger partial charge < -0.3 is 4.74 Å². The summed E-state index contributed by atoms with van der Waals surface area (Å²) in [6.07, 6.45) is 0. The topological polar surface area (TPSA) is 12.5 Å². The molecular formula is C8H17NO. The molecule has 0 radical (unpaired) electrons. The van der Waals surface area contributed by atoms with Crippen molar-refractivity contribution in [1.82, 2.24) is 4.90 Å². The third kappa shape index (κ3) is 1.70. The molecule has 0 aromatic rings. The zero-order chi connectivity index (χ0) is 7.56. The minimum absolute atomic E-state index is 0.605. The molecule has 0 spiro atoms. The second-order valence-corrected chi connectivity index (χ2v) is 3.26. The molecule has 0 saturated carbocycles. The third-order valence-corrected chi connectivity index (χ3v) is 2.08. The van der Waals surface area contributed by atoms with Crippen molar-refractivity contribution in [2.24, 2.45) is 0 Å². The molecule has 10 heavy (non-hydrogen) atoms. The highest BCUT2D eigenvalue weighted by molar-refractivity contribution is 4.73. The second-order valence-electron chi connectivity index (χ2n) is 3.26. The van der Waals surface area contributed by atoms with Crippen LogP contribution in [0.5, 0.6) is 0 Å². The van der Waals surface area contributed by atoms with Gasteiger partial charge in [0.1, 0.15) is 0 Å². The molecule has 1 saturated heterocycles. The van der Waals surface area contributed by atoms with Crippen LogP contribution in [0.4, 0.5) is 0 Å². The summed E-state index contributed by atoms with van der Waals surface area (Å²) in [5.41, 5.74) is 0. The van der Waals surface area contributed by atoms with E-state index in [4.69, 9.17) is 4.74 Å². The molecule has 0 amide bonds. The first-order valence-electron chi connectivity index (χ1n) is 4.05. The molecule has 1 atom stereocenters. The summed E-state index contributed by atoms with van der Waals surface area (Å²) < 4.78 is 5.32. The Labute approximate surface area is 63.2 Å². The van der Waals surface area contributed by atoms with E-state index in [9.17, 15) is 0 Å². The molecule has 0 bridgehead atoms. The molecule has 2 heteroatoms. The van der Waals surface area contributed by atoms with Crippen molar-refractivity contribution >= 4 is 0 Å². The summed E-state index contributed by atoms with van der Waals surface area (Å²) >= 11 is 0. The first-order chi connectivity index (χ1) is 4.72. The van der Waals surface area contributed by atoms with Gasteiger partial charge in [0.05, 0.1) is 13.2 Å². The zero-order valence-electron chi connectivity index (χ0n) is 7.13. The van der Waals surface area contributed by atoms with Gasteiger partial charge in [-0.1, -0.05) is 0 Å². The van der Waals surface area contributed by atoms with Gasteiger partial charge in [-0.3, -0.25) is 4.90 Å². The monoisotopic (exact) mass is 143 g/mol. The Bertz CT molecular complexity index is 103. The van der Waals surface area contributed by atoms with Crippen LogP contribution < -0.4 is 0 Å². The predicted molar refractivity (Wildman–Crippen MR) is 42.1 cm³/mol. The van der Waals surface area contributed by atoms with Gasteiger partial charge >= 0.3 is 0 Å². The van der Waals surface area contributed by atoms with Crippen LogP contribution in [0, 0.1) is 0 Å². The number of ether oxygens (including phenoxy) is 1. The fourth-order valence-electron chi connectivity index (χ4n) is 1.51. The first-order valence-corrected chi connectivity index (χ1v) is 4.05. The SMILES string of the molecule is CC(C)N1CCOC[C@H]1C. The van der Waals surface area contributed by atoms with E-state index in [1.54, 1.807) is 0 Å². The summed E-state index contributed by atoms with van der Waals surface area (Å²) in [6.45, 7) is 9.60. The maximum Gasteiger partial charge on any atom is 0.0619 e. The summed E-state index contributed by atoms with van der Waals surface area (Å²) in [6, 6.07) is 1.27. The molecule has 1 rings (SSSR count). The van der Waals surface area contributed by atoms with Crippen molar-refractivity contribution < 1.29 is 4.74 Å². The van der Waals surface area contributed by atoms with E-state index in [0.29, 0.717) is 12.1 Å². The Balaban J connectivity index is 2.40. The van der Waals surface area contributed by atoms with Gasteiger partial charge in [0.2, 0.25) is 0 Å². The number of hydrogen-bond donors (Lipinski definition) is 0. The van der Waals surface area contributed by atoms with Gasteiger partial charge in [-0.25, -0.2) is 0 Å². The first kappa shape index (κ1) is 8.02. The lowest BCUT2D eigenvalue weighted by Gasteiger charge is -2.36. The van der Waals surface area contributed by atoms with E-state index in [1.807, 2.05) is 0 Å². The Morgan fingerprint density at radius 3 is 2.60 bits per heavy atom. The van der Waals surface area contributed by atoms with E-state index in [0.717, 1.165) is 19.8 Å². The van der Waals surface area contributed by atoms with Crippen LogP contribution >= 0.6 is 0 Å². The molecular weight excluding hydrogens is 126 g/mol. The van der Waals surface area contributed by atoms with E-state index in [-0.39, 0.29) is 0 Å².